The van der Waals surface area contributed by atoms with Gasteiger partial charge in [0.2, 0.25) is 0 Å². The van der Waals surface area contributed by atoms with Gasteiger partial charge in [0.15, 0.2) is 5.65 Å². The summed E-state index contributed by atoms with van der Waals surface area (Å²) in [5, 5.41) is 0. The Labute approximate surface area is 203 Å². The van der Waals surface area contributed by atoms with Gasteiger partial charge in [-0.1, -0.05) is 43.3 Å². The van der Waals surface area contributed by atoms with Crippen molar-refractivity contribution < 1.29 is 0 Å². The molecule has 0 amide bonds. The summed E-state index contributed by atoms with van der Waals surface area (Å²) in [5.74, 6) is 2.12. The number of aryl methyl sites for hydroxylation is 3. The zero-order valence-electron chi connectivity index (χ0n) is 20.9. The number of aromatic nitrogens is 3. The van der Waals surface area contributed by atoms with Gasteiger partial charge in [0.05, 0.1) is 6.54 Å². The van der Waals surface area contributed by atoms with Gasteiger partial charge in [0.1, 0.15) is 11.3 Å². The van der Waals surface area contributed by atoms with Crippen molar-refractivity contribution in [2.24, 2.45) is 5.92 Å². The second kappa shape index (κ2) is 8.94. The van der Waals surface area contributed by atoms with Crippen LogP contribution >= 0.6 is 0 Å². The van der Waals surface area contributed by atoms with E-state index in [1.165, 1.54) is 55.6 Å². The summed E-state index contributed by atoms with van der Waals surface area (Å²) >= 11 is 0. The maximum Gasteiger partial charge on any atom is 0.160 e. The number of imidazole rings is 1. The molecule has 3 fully saturated rings. The second-order valence-corrected chi connectivity index (χ2v) is 10.8. The van der Waals surface area contributed by atoms with Crippen molar-refractivity contribution >= 4 is 17.2 Å². The number of rotatable bonds is 8. The van der Waals surface area contributed by atoms with Crippen molar-refractivity contribution in [3.8, 4) is 0 Å². The fourth-order valence-corrected chi connectivity index (χ4v) is 6.04. The molecule has 5 heteroatoms. The van der Waals surface area contributed by atoms with Crippen LogP contribution in [0.1, 0.15) is 54.4 Å². The van der Waals surface area contributed by atoms with Crippen molar-refractivity contribution in [1.29, 1.82) is 0 Å². The average molecular weight is 456 g/mol. The normalized spacial score (nSPS) is 23.1. The van der Waals surface area contributed by atoms with Crippen LogP contribution in [-0.2, 0) is 13.0 Å². The SMILES string of the molecule is CCc1nc2c(C)cc(C)nc2n1Cc1ccc(/C=C/CN2C[C@H]3C[C@@H]2CN3CC2CC2)cc1. The molecule has 0 radical (unpaired) electrons. The molecule has 1 saturated carbocycles. The standard InChI is InChI=1S/C29H37N5/c1-4-27-31-28-20(2)14-21(3)30-29(28)34(27)17-24-9-7-22(8-10-24)6-5-13-32-18-26-15-25(32)19-33(26)16-23-11-12-23/h5-10,14,23,25-26H,4,11-13,15-19H2,1-3H3/b6-5+/t25-,26-/m1/s1. The van der Waals surface area contributed by atoms with Crippen molar-refractivity contribution in [2.75, 3.05) is 26.2 Å². The van der Waals surface area contributed by atoms with Crippen molar-refractivity contribution in [1.82, 2.24) is 24.3 Å². The Morgan fingerprint density at radius 1 is 1.00 bits per heavy atom. The van der Waals surface area contributed by atoms with Gasteiger partial charge in [-0.25, -0.2) is 9.97 Å². The lowest BCUT2D eigenvalue weighted by atomic mass is 10.1. The summed E-state index contributed by atoms with van der Waals surface area (Å²) in [6.07, 6.45) is 9.87. The summed E-state index contributed by atoms with van der Waals surface area (Å²) in [7, 11) is 0. The Morgan fingerprint density at radius 2 is 1.76 bits per heavy atom. The lowest BCUT2D eigenvalue weighted by Crippen LogP contribution is -2.46. The molecule has 1 aliphatic carbocycles. The van der Waals surface area contributed by atoms with E-state index in [4.69, 9.17) is 9.97 Å². The van der Waals surface area contributed by atoms with Crippen LogP contribution in [0.25, 0.3) is 17.2 Å². The first-order valence-corrected chi connectivity index (χ1v) is 13.1. The fraction of sp³-hybridized carbons (Fsp3) is 0.517. The molecule has 2 aromatic heterocycles. The molecule has 2 aliphatic heterocycles. The van der Waals surface area contributed by atoms with E-state index in [-0.39, 0.29) is 0 Å². The van der Waals surface area contributed by atoms with Crippen LogP contribution < -0.4 is 0 Å². The first-order chi connectivity index (χ1) is 16.6. The zero-order chi connectivity index (χ0) is 23.2. The van der Waals surface area contributed by atoms with E-state index in [1.807, 2.05) is 0 Å². The van der Waals surface area contributed by atoms with Crippen LogP contribution in [0.2, 0.25) is 0 Å². The second-order valence-electron chi connectivity index (χ2n) is 10.8. The van der Waals surface area contributed by atoms with Gasteiger partial charge in [-0.05, 0) is 61.8 Å². The third-order valence-corrected chi connectivity index (χ3v) is 8.05. The number of nitrogens with zero attached hydrogens (tertiary/aromatic N) is 5. The Hall–Kier alpha value is -2.50. The van der Waals surface area contributed by atoms with Crippen LogP contribution in [0, 0.1) is 19.8 Å². The molecular formula is C29H37N5. The Morgan fingerprint density at radius 3 is 2.47 bits per heavy atom. The molecule has 4 heterocycles. The Balaban J connectivity index is 1.08. The maximum atomic E-state index is 4.88. The van der Waals surface area contributed by atoms with Crippen molar-refractivity contribution in [2.45, 2.75) is 65.1 Å². The van der Waals surface area contributed by atoms with E-state index in [1.54, 1.807) is 0 Å². The third-order valence-electron chi connectivity index (χ3n) is 8.05. The number of likely N-dealkylation sites (tertiary alicyclic amines) is 2. The summed E-state index contributed by atoms with van der Waals surface area (Å²) in [5.41, 5.74) is 6.87. The quantitative estimate of drug-likeness (QED) is 0.487. The molecule has 2 saturated heterocycles. The van der Waals surface area contributed by atoms with E-state index in [0.29, 0.717) is 0 Å². The number of hydrogen-bond acceptors (Lipinski definition) is 4. The van der Waals surface area contributed by atoms with Crippen LogP contribution in [0.15, 0.2) is 36.4 Å². The largest absolute Gasteiger partial charge is 0.308 e. The average Bonchev–Trinajstić information content (AvgIpc) is 3.27. The number of benzene rings is 1. The molecule has 6 rings (SSSR count). The summed E-state index contributed by atoms with van der Waals surface area (Å²) in [6, 6.07) is 12.7. The number of fused-ring (bicyclic) bond motifs is 3. The highest BCUT2D eigenvalue weighted by Gasteiger charge is 2.43. The van der Waals surface area contributed by atoms with Crippen molar-refractivity contribution in [3.63, 3.8) is 0 Å². The van der Waals surface area contributed by atoms with Gasteiger partial charge in [0, 0.05) is 50.4 Å². The van der Waals surface area contributed by atoms with Crippen LogP contribution in [-0.4, -0.2) is 62.6 Å². The lowest BCUT2D eigenvalue weighted by molar-refractivity contribution is 0.134. The summed E-state index contributed by atoms with van der Waals surface area (Å²) < 4.78 is 2.29. The molecule has 0 unspecified atom stereocenters. The highest BCUT2D eigenvalue weighted by atomic mass is 15.3. The predicted molar refractivity (Wildman–Crippen MR) is 139 cm³/mol. The van der Waals surface area contributed by atoms with Crippen LogP contribution in [0.5, 0.6) is 0 Å². The third kappa shape index (κ3) is 4.32. The monoisotopic (exact) mass is 455 g/mol. The van der Waals surface area contributed by atoms with Gasteiger partial charge >= 0.3 is 0 Å². The molecule has 34 heavy (non-hydrogen) atoms. The van der Waals surface area contributed by atoms with Gasteiger partial charge in [-0.2, -0.15) is 0 Å². The highest BCUT2D eigenvalue weighted by Crippen LogP contribution is 2.36. The zero-order valence-corrected chi connectivity index (χ0v) is 20.9. The summed E-state index contributed by atoms with van der Waals surface area (Å²) in [6.45, 7) is 12.2. The molecule has 0 N–H and O–H groups in total. The molecule has 3 aliphatic rings. The van der Waals surface area contributed by atoms with Gasteiger partial charge in [-0.3, -0.25) is 9.80 Å². The van der Waals surface area contributed by atoms with Crippen LogP contribution in [0.4, 0.5) is 0 Å². The lowest BCUT2D eigenvalue weighted by Gasteiger charge is -2.33. The smallest absolute Gasteiger partial charge is 0.160 e. The van der Waals surface area contributed by atoms with Gasteiger partial charge in [-0.15, -0.1) is 0 Å². The van der Waals surface area contributed by atoms with E-state index in [9.17, 15) is 0 Å². The fourth-order valence-electron chi connectivity index (χ4n) is 6.04. The maximum absolute atomic E-state index is 4.88. The number of piperazine rings is 1. The van der Waals surface area contributed by atoms with E-state index < -0.39 is 0 Å². The van der Waals surface area contributed by atoms with E-state index in [0.717, 1.165) is 60.2 Å². The molecule has 1 aromatic carbocycles. The minimum atomic E-state index is 0.773. The minimum Gasteiger partial charge on any atom is -0.308 e. The number of pyridine rings is 1. The van der Waals surface area contributed by atoms with Crippen LogP contribution in [0.3, 0.4) is 0 Å². The molecular weight excluding hydrogens is 418 g/mol. The Bertz CT molecular complexity index is 1200. The van der Waals surface area contributed by atoms with E-state index in [2.05, 4.69) is 77.6 Å². The van der Waals surface area contributed by atoms with Crippen molar-refractivity contribution in [3.05, 3.63) is 64.6 Å². The van der Waals surface area contributed by atoms with Gasteiger partial charge in [0.25, 0.3) is 0 Å². The first kappa shape index (κ1) is 22.0. The first-order valence-electron chi connectivity index (χ1n) is 13.1. The molecule has 178 valence electrons. The Kier molecular flexibility index (Phi) is 5.78. The van der Waals surface area contributed by atoms with E-state index >= 15 is 0 Å². The molecule has 5 nitrogen and oxygen atoms in total. The molecule has 2 bridgehead atoms. The molecule has 3 aromatic rings. The predicted octanol–water partition coefficient (Wildman–Crippen LogP) is 4.84. The summed E-state index contributed by atoms with van der Waals surface area (Å²) in [4.78, 5) is 15.2. The minimum absolute atomic E-state index is 0.773. The molecule has 2 atom stereocenters. The number of hydrogen-bond donors (Lipinski definition) is 0. The highest BCUT2D eigenvalue weighted by molar-refractivity contribution is 5.76. The topological polar surface area (TPSA) is 37.2 Å². The van der Waals surface area contributed by atoms with Gasteiger partial charge < -0.3 is 4.57 Å². The molecule has 0 spiro atoms.